The zero-order valence-corrected chi connectivity index (χ0v) is 16.9. The monoisotopic (exact) mass is 415 g/mol. The molecule has 0 bridgehead atoms. The maximum Gasteiger partial charge on any atom is 0.227 e. The van der Waals surface area contributed by atoms with Gasteiger partial charge in [0.2, 0.25) is 17.6 Å². The smallest absolute Gasteiger partial charge is 0.227 e. The summed E-state index contributed by atoms with van der Waals surface area (Å²) in [6, 6.07) is 13.3. The van der Waals surface area contributed by atoms with Gasteiger partial charge in [0.1, 0.15) is 5.75 Å². The lowest BCUT2D eigenvalue weighted by Crippen LogP contribution is -2.12. The number of nitrogens with zero attached hydrogens (tertiary/aromatic N) is 2. The number of amides is 1. The molecule has 3 aromatic rings. The van der Waals surface area contributed by atoms with Crippen LogP contribution in [0.2, 0.25) is 0 Å². The second-order valence-electron chi connectivity index (χ2n) is 6.31. The number of hydrogen-bond acceptors (Lipinski definition) is 7. The molecule has 29 heavy (non-hydrogen) atoms. The lowest BCUT2D eigenvalue weighted by atomic mass is 10.2. The lowest BCUT2D eigenvalue weighted by Gasteiger charge is -2.05. The number of benzene rings is 2. The summed E-state index contributed by atoms with van der Waals surface area (Å²) < 4.78 is 33.5. The molecule has 0 fully saturated rings. The summed E-state index contributed by atoms with van der Waals surface area (Å²) in [5, 5.41) is 6.65. The van der Waals surface area contributed by atoms with Crippen LogP contribution >= 0.6 is 0 Å². The molecule has 1 amide bonds. The molecule has 0 saturated heterocycles. The highest BCUT2D eigenvalue weighted by Crippen LogP contribution is 2.20. The average molecular weight is 415 g/mol. The molecule has 0 unspecified atom stereocenters. The van der Waals surface area contributed by atoms with Crippen molar-refractivity contribution in [2.75, 3.05) is 18.2 Å². The number of anilines is 1. The number of hydrogen-bond donors (Lipinski definition) is 1. The first-order valence-electron chi connectivity index (χ1n) is 9.01. The molecule has 0 spiro atoms. The summed E-state index contributed by atoms with van der Waals surface area (Å²) in [5.74, 6) is 1.33. The fraction of sp³-hybridized carbons (Fsp3) is 0.250. The minimum Gasteiger partial charge on any atom is -0.494 e. The van der Waals surface area contributed by atoms with E-state index in [1.807, 2.05) is 31.2 Å². The number of sulfone groups is 1. The van der Waals surface area contributed by atoms with Gasteiger partial charge in [0.05, 0.1) is 11.5 Å². The van der Waals surface area contributed by atoms with E-state index in [2.05, 4.69) is 15.5 Å². The highest BCUT2D eigenvalue weighted by Gasteiger charge is 2.12. The topological polar surface area (TPSA) is 111 Å². The van der Waals surface area contributed by atoms with Crippen molar-refractivity contribution in [2.24, 2.45) is 0 Å². The molecule has 0 saturated carbocycles. The maximum atomic E-state index is 12.1. The van der Waals surface area contributed by atoms with E-state index in [1.54, 1.807) is 12.1 Å². The molecular formula is C20H21N3O5S. The summed E-state index contributed by atoms with van der Waals surface area (Å²) in [5.41, 5.74) is 1.31. The minimum absolute atomic E-state index is 0.152. The summed E-state index contributed by atoms with van der Waals surface area (Å²) in [6.45, 7) is 2.51. The molecular weight excluding hydrogens is 394 g/mol. The van der Waals surface area contributed by atoms with Crippen LogP contribution in [0.5, 0.6) is 5.75 Å². The number of nitrogens with one attached hydrogen (secondary N) is 1. The van der Waals surface area contributed by atoms with Crippen LogP contribution in [0.25, 0.3) is 11.4 Å². The number of rotatable bonds is 8. The first-order chi connectivity index (χ1) is 13.8. The molecule has 1 aromatic heterocycles. The molecule has 1 N–H and O–H groups in total. The van der Waals surface area contributed by atoms with Gasteiger partial charge in [0.25, 0.3) is 0 Å². The van der Waals surface area contributed by atoms with E-state index in [0.29, 0.717) is 24.0 Å². The van der Waals surface area contributed by atoms with Crippen LogP contribution in [0, 0.1) is 0 Å². The molecule has 2 aromatic carbocycles. The Kier molecular flexibility index (Phi) is 6.28. The number of carbonyl (C=O) groups excluding carboxylic acids is 1. The number of ether oxygens (including phenoxy) is 1. The lowest BCUT2D eigenvalue weighted by molar-refractivity contribution is -0.116. The number of carbonyl (C=O) groups is 1. The highest BCUT2D eigenvalue weighted by atomic mass is 32.2. The summed E-state index contributed by atoms with van der Waals surface area (Å²) >= 11 is 0. The van der Waals surface area contributed by atoms with Gasteiger partial charge in [-0.1, -0.05) is 5.16 Å². The van der Waals surface area contributed by atoms with Crippen molar-refractivity contribution in [1.29, 1.82) is 0 Å². The summed E-state index contributed by atoms with van der Waals surface area (Å²) in [7, 11) is -3.27. The molecule has 3 rings (SSSR count). The molecule has 152 valence electrons. The molecule has 0 aliphatic rings. The summed E-state index contributed by atoms with van der Waals surface area (Å²) in [6.07, 6.45) is 1.57. The second kappa shape index (κ2) is 8.87. The Hall–Kier alpha value is -3.20. The van der Waals surface area contributed by atoms with Crippen LogP contribution in [-0.4, -0.2) is 37.3 Å². The zero-order valence-electron chi connectivity index (χ0n) is 16.1. The average Bonchev–Trinajstić information content (AvgIpc) is 3.16. The van der Waals surface area contributed by atoms with Gasteiger partial charge >= 0.3 is 0 Å². The SMILES string of the molecule is CCOc1ccc(-c2noc(CCC(=O)Nc3ccc(S(C)(=O)=O)cc3)n2)cc1. The molecule has 0 aliphatic heterocycles. The van der Waals surface area contributed by atoms with Crippen molar-refractivity contribution < 1.29 is 22.5 Å². The third kappa shape index (κ3) is 5.64. The first kappa shape index (κ1) is 20.5. The Balaban J connectivity index is 1.54. The zero-order chi connectivity index (χ0) is 20.9. The van der Waals surface area contributed by atoms with Crippen molar-refractivity contribution in [3.63, 3.8) is 0 Å². The van der Waals surface area contributed by atoms with Gasteiger partial charge in [-0.2, -0.15) is 4.98 Å². The predicted molar refractivity (Wildman–Crippen MR) is 107 cm³/mol. The van der Waals surface area contributed by atoms with Crippen molar-refractivity contribution in [3.05, 3.63) is 54.4 Å². The quantitative estimate of drug-likeness (QED) is 0.602. The molecule has 0 atom stereocenters. The molecule has 0 radical (unpaired) electrons. The Morgan fingerprint density at radius 3 is 2.41 bits per heavy atom. The fourth-order valence-corrected chi connectivity index (χ4v) is 3.20. The van der Waals surface area contributed by atoms with E-state index in [4.69, 9.17) is 9.26 Å². The van der Waals surface area contributed by atoms with Gasteiger partial charge in [-0.05, 0) is 55.5 Å². The van der Waals surface area contributed by atoms with E-state index in [-0.39, 0.29) is 23.6 Å². The van der Waals surface area contributed by atoms with Crippen LogP contribution in [0.1, 0.15) is 19.2 Å². The normalized spacial score (nSPS) is 11.2. The third-order valence-electron chi connectivity index (χ3n) is 4.02. The van der Waals surface area contributed by atoms with Gasteiger partial charge in [0, 0.05) is 30.3 Å². The van der Waals surface area contributed by atoms with Crippen molar-refractivity contribution in [1.82, 2.24) is 10.1 Å². The Morgan fingerprint density at radius 2 is 1.79 bits per heavy atom. The maximum absolute atomic E-state index is 12.1. The Morgan fingerprint density at radius 1 is 1.10 bits per heavy atom. The standard InChI is InChI=1S/C20H21N3O5S/c1-3-27-16-8-4-14(5-9-16)20-22-19(28-23-20)13-12-18(24)21-15-6-10-17(11-7-15)29(2,25)26/h4-11H,3,12-13H2,1-2H3,(H,21,24). The third-order valence-corrected chi connectivity index (χ3v) is 5.15. The van der Waals surface area contributed by atoms with E-state index in [9.17, 15) is 13.2 Å². The van der Waals surface area contributed by atoms with Crippen LogP contribution < -0.4 is 10.1 Å². The van der Waals surface area contributed by atoms with E-state index in [1.165, 1.54) is 12.1 Å². The van der Waals surface area contributed by atoms with Crippen molar-refractivity contribution in [2.45, 2.75) is 24.7 Å². The van der Waals surface area contributed by atoms with Crippen LogP contribution in [0.3, 0.4) is 0 Å². The van der Waals surface area contributed by atoms with Crippen LogP contribution in [-0.2, 0) is 21.1 Å². The predicted octanol–water partition coefficient (Wildman–Crippen LogP) is 3.11. The van der Waals surface area contributed by atoms with Gasteiger partial charge in [-0.3, -0.25) is 4.79 Å². The van der Waals surface area contributed by atoms with Crippen LogP contribution in [0.4, 0.5) is 5.69 Å². The van der Waals surface area contributed by atoms with E-state index >= 15 is 0 Å². The Labute approximate surface area is 168 Å². The van der Waals surface area contributed by atoms with Crippen LogP contribution in [0.15, 0.2) is 57.9 Å². The van der Waals surface area contributed by atoms with Gasteiger partial charge in [-0.15, -0.1) is 0 Å². The number of aromatic nitrogens is 2. The number of aryl methyl sites for hydroxylation is 1. The van der Waals surface area contributed by atoms with E-state index in [0.717, 1.165) is 17.6 Å². The molecule has 1 heterocycles. The van der Waals surface area contributed by atoms with Crippen molar-refractivity contribution >= 4 is 21.4 Å². The van der Waals surface area contributed by atoms with Gasteiger partial charge < -0.3 is 14.6 Å². The second-order valence-corrected chi connectivity index (χ2v) is 8.33. The van der Waals surface area contributed by atoms with Gasteiger partial charge in [-0.25, -0.2) is 8.42 Å². The highest BCUT2D eigenvalue weighted by molar-refractivity contribution is 7.90. The summed E-state index contributed by atoms with van der Waals surface area (Å²) in [4.78, 5) is 16.6. The largest absolute Gasteiger partial charge is 0.494 e. The molecule has 9 heteroatoms. The van der Waals surface area contributed by atoms with Gasteiger partial charge in [0.15, 0.2) is 9.84 Å². The minimum atomic E-state index is -3.27. The first-order valence-corrected chi connectivity index (χ1v) is 10.9. The van der Waals surface area contributed by atoms with E-state index < -0.39 is 9.84 Å². The Bertz CT molecular complexity index is 1070. The van der Waals surface area contributed by atoms with Crippen molar-refractivity contribution in [3.8, 4) is 17.1 Å². The fourth-order valence-electron chi connectivity index (χ4n) is 2.57. The molecule has 0 aliphatic carbocycles. The molecule has 8 nitrogen and oxygen atoms in total.